The Labute approximate surface area is 189 Å². The van der Waals surface area contributed by atoms with Crippen LogP contribution >= 0.6 is 11.3 Å². The Morgan fingerprint density at radius 3 is 2.88 bits per heavy atom. The fourth-order valence-corrected chi connectivity index (χ4v) is 5.06. The molecule has 32 heavy (non-hydrogen) atoms. The van der Waals surface area contributed by atoms with Crippen molar-refractivity contribution in [3.63, 3.8) is 0 Å². The molecule has 170 valence electrons. The minimum atomic E-state index is -0.690. The summed E-state index contributed by atoms with van der Waals surface area (Å²) in [5.74, 6) is 1.45. The molecule has 0 bridgehead atoms. The van der Waals surface area contributed by atoms with Crippen molar-refractivity contribution in [2.24, 2.45) is 0 Å². The number of nitrogens with zero attached hydrogens (tertiary/aromatic N) is 4. The molecule has 2 aromatic heterocycles. The molecule has 10 nitrogen and oxygen atoms in total. The third-order valence-corrected chi connectivity index (χ3v) is 6.61. The second-order valence-electron chi connectivity index (χ2n) is 7.48. The molecule has 0 spiro atoms. The van der Waals surface area contributed by atoms with Crippen LogP contribution in [0.15, 0.2) is 12.1 Å². The number of carbonyl (C=O) groups is 1. The molecule has 4 heterocycles. The first-order chi connectivity index (χ1) is 15.7. The van der Waals surface area contributed by atoms with Gasteiger partial charge < -0.3 is 28.9 Å². The van der Waals surface area contributed by atoms with E-state index in [4.69, 9.17) is 29.0 Å². The lowest BCUT2D eigenvalue weighted by atomic mass is 10.2. The van der Waals surface area contributed by atoms with Gasteiger partial charge in [0, 0.05) is 26.1 Å². The van der Waals surface area contributed by atoms with E-state index in [9.17, 15) is 4.79 Å². The Morgan fingerprint density at radius 1 is 1.25 bits per heavy atom. The zero-order valence-corrected chi connectivity index (χ0v) is 18.9. The van der Waals surface area contributed by atoms with Gasteiger partial charge in [-0.05, 0) is 19.1 Å². The maximum atomic E-state index is 11.6. The molecule has 2 aliphatic rings. The van der Waals surface area contributed by atoms with Crippen LogP contribution in [0.25, 0.3) is 21.0 Å². The highest BCUT2D eigenvalue weighted by atomic mass is 32.1. The first-order valence-corrected chi connectivity index (χ1v) is 11.5. The van der Waals surface area contributed by atoms with Crippen LogP contribution in [0.1, 0.15) is 18.3 Å². The second kappa shape index (κ2) is 8.93. The van der Waals surface area contributed by atoms with Gasteiger partial charge >= 0.3 is 6.16 Å². The third-order valence-electron chi connectivity index (χ3n) is 5.52. The number of hydrogen-bond acceptors (Lipinski definition) is 10. The standard InChI is InChI=1S/C21H25N5O5S/c1-3-30-21(27)31-26-7-6-13-14(12-26)23-19(22-13)20-24-17-16(28-2)5-4-15(18(17)32-20)25-8-10-29-11-9-25/h4-5H,3,6-12H2,1-2H3,(H,22,23). The van der Waals surface area contributed by atoms with Gasteiger partial charge in [-0.25, -0.2) is 14.8 Å². The van der Waals surface area contributed by atoms with Crippen molar-refractivity contribution >= 4 is 33.4 Å². The molecule has 0 radical (unpaired) electrons. The summed E-state index contributed by atoms with van der Waals surface area (Å²) in [6.07, 6.45) is -0.0250. The van der Waals surface area contributed by atoms with Crippen LogP contribution in [-0.2, 0) is 27.3 Å². The quantitative estimate of drug-likeness (QED) is 0.577. The maximum Gasteiger partial charge on any atom is 0.527 e. The number of ether oxygens (including phenoxy) is 3. The normalized spacial score (nSPS) is 16.8. The summed E-state index contributed by atoms with van der Waals surface area (Å²) >= 11 is 1.60. The number of aromatic nitrogens is 3. The first kappa shape index (κ1) is 21.0. The van der Waals surface area contributed by atoms with E-state index in [1.807, 2.05) is 6.07 Å². The molecular weight excluding hydrogens is 434 g/mol. The summed E-state index contributed by atoms with van der Waals surface area (Å²) < 4.78 is 17.0. The van der Waals surface area contributed by atoms with Crippen molar-refractivity contribution in [3.05, 3.63) is 23.5 Å². The molecule has 0 unspecified atom stereocenters. The lowest BCUT2D eigenvalue weighted by Gasteiger charge is -2.29. The van der Waals surface area contributed by atoms with Crippen LogP contribution in [0.3, 0.4) is 0 Å². The number of thiazole rings is 1. The summed E-state index contributed by atoms with van der Waals surface area (Å²) in [5.41, 5.74) is 3.84. The Kier molecular flexibility index (Phi) is 5.85. The van der Waals surface area contributed by atoms with E-state index in [0.29, 0.717) is 38.5 Å². The number of aromatic amines is 1. The highest BCUT2D eigenvalue weighted by molar-refractivity contribution is 7.22. The van der Waals surface area contributed by atoms with E-state index in [1.54, 1.807) is 30.4 Å². The van der Waals surface area contributed by atoms with Gasteiger partial charge in [0.05, 0.1) is 55.3 Å². The Bertz CT molecular complexity index is 1120. The molecule has 11 heteroatoms. The maximum absolute atomic E-state index is 11.6. The topological polar surface area (TPSA) is 102 Å². The molecule has 0 aliphatic carbocycles. The van der Waals surface area contributed by atoms with Gasteiger partial charge in [-0.15, -0.1) is 16.4 Å². The van der Waals surface area contributed by atoms with Gasteiger partial charge in [-0.3, -0.25) is 0 Å². The van der Waals surface area contributed by atoms with E-state index in [-0.39, 0.29) is 6.61 Å². The number of methoxy groups -OCH3 is 1. The molecule has 5 rings (SSSR count). The van der Waals surface area contributed by atoms with Crippen molar-refractivity contribution < 1.29 is 23.8 Å². The highest BCUT2D eigenvalue weighted by Gasteiger charge is 2.26. The number of hydroxylamine groups is 2. The Morgan fingerprint density at radius 2 is 2.09 bits per heavy atom. The SMILES string of the molecule is CCOC(=O)ON1CCc2nc(-c3nc4c(OC)ccc(N5CCOCC5)c4s3)[nH]c2C1. The monoisotopic (exact) mass is 459 g/mol. The molecule has 1 N–H and O–H groups in total. The summed E-state index contributed by atoms with van der Waals surface area (Å²) in [6, 6.07) is 4.06. The average molecular weight is 460 g/mol. The molecule has 1 aromatic carbocycles. The largest absolute Gasteiger partial charge is 0.527 e. The summed E-state index contributed by atoms with van der Waals surface area (Å²) in [7, 11) is 1.66. The van der Waals surface area contributed by atoms with Gasteiger partial charge in [0.2, 0.25) is 0 Å². The molecule has 3 aromatic rings. The highest BCUT2D eigenvalue weighted by Crippen LogP contribution is 2.40. The fourth-order valence-electron chi connectivity index (χ4n) is 3.99. The van der Waals surface area contributed by atoms with Gasteiger partial charge in [0.1, 0.15) is 11.3 Å². The van der Waals surface area contributed by atoms with E-state index >= 15 is 0 Å². The van der Waals surface area contributed by atoms with E-state index in [1.165, 1.54) is 0 Å². The predicted octanol–water partition coefficient (Wildman–Crippen LogP) is 2.98. The summed E-state index contributed by atoms with van der Waals surface area (Å²) in [5, 5.41) is 2.38. The van der Waals surface area contributed by atoms with Crippen molar-refractivity contribution in [1.82, 2.24) is 20.0 Å². The molecule has 1 saturated heterocycles. The van der Waals surface area contributed by atoms with Crippen LogP contribution in [0.5, 0.6) is 5.75 Å². The van der Waals surface area contributed by atoms with Crippen LogP contribution < -0.4 is 9.64 Å². The van der Waals surface area contributed by atoms with Crippen molar-refractivity contribution in [1.29, 1.82) is 0 Å². The summed E-state index contributed by atoms with van der Waals surface area (Å²) in [4.78, 5) is 32.2. The first-order valence-electron chi connectivity index (χ1n) is 10.6. The minimum absolute atomic E-state index is 0.277. The number of anilines is 1. The van der Waals surface area contributed by atoms with Crippen LogP contribution in [0.4, 0.5) is 10.5 Å². The lowest BCUT2D eigenvalue weighted by molar-refractivity contribution is -0.137. The molecule has 0 saturated carbocycles. The Hall–Kier alpha value is -2.89. The molecule has 0 amide bonds. The number of rotatable bonds is 5. The third kappa shape index (κ3) is 3.98. The Balaban J connectivity index is 1.44. The molecule has 1 fully saturated rings. The number of carbonyl (C=O) groups excluding carboxylic acids is 1. The minimum Gasteiger partial charge on any atom is -0.494 e. The van der Waals surface area contributed by atoms with Gasteiger partial charge in [0.15, 0.2) is 10.8 Å². The zero-order chi connectivity index (χ0) is 22.1. The van der Waals surface area contributed by atoms with E-state index in [2.05, 4.69) is 16.0 Å². The second-order valence-corrected chi connectivity index (χ2v) is 8.48. The van der Waals surface area contributed by atoms with Crippen molar-refractivity contribution in [3.8, 4) is 16.6 Å². The van der Waals surface area contributed by atoms with E-state index in [0.717, 1.165) is 51.1 Å². The van der Waals surface area contributed by atoms with Gasteiger partial charge in [-0.2, -0.15) is 0 Å². The fraction of sp³-hybridized carbons (Fsp3) is 0.476. The average Bonchev–Trinajstić information content (AvgIpc) is 3.43. The zero-order valence-electron chi connectivity index (χ0n) is 18.0. The number of nitrogens with one attached hydrogen (secondary N) is 1. The smallest absolute Gasteiger partial charge is 0.494 e. The lowest BCUT2D eigenvalue weighted by Crippen LogP contribution is -2.36. The van der Waals surface area contributed by atoms with E-state index < -0.39 is 6.16 Å². The number of morpholine rings is 1. The summed E-state index contributed by atoms with van der Waals surface area (Å²) in [6.45, 7) is 6.14. The van der Waals surface area contributed by atoms with Gasteiger partial charge in [0.25, 0.3) is 0 Å². The molecule has 2 aliphatic heterocycles. The molecule has 0 atom stereocenters. The number of H-pyrrole nitrogens is 1. The van der Waals surface area contributed by atoms with Crippen molar-refractivity contribution in [2.75, 3.05) is 51.5 Å². The number of hydrogen-bond donors (Lipinski definition) is 1. The van der Waals surface area contributed by atoms with Crippen LogP contribution in [0.2, 0.25) is 0 Å². The number of imidazole rings is 1. The van der Waals surface area contributed by atoms with Crippen LogP contribution in [-0.4, -0.2) is 72.7 Å². The van der Waals surface area contributed by atoms with Gasteiger partial charge in [-0.1, -0.05) is 0 Å². The number of benzene rings is 1. The van der Waals surface area contributed by atoms with Crippen LogP contribution in [0, 0.1) is 0 Å². The molecular formula is C21H25N5O5S. The predicted molar refractivity (Wildman–Crippen MR) is 119 cm³/mol. The van der Waals surface area contributed by atoms with Crippen molar-refractivity contribution in [2.45, 2.75) is 19.9 Å². The number of fused-ring (bicyclic) bond motifs is 2.